The molecule has 2 N–H and O–H groups in total. The lowest BCUT2D eigenvalue weighted by atomic mass is 10.1. The summed E-state index contributed by atoms with van der Waals surface area (Å²) in [6, 6.07) is 15.3. The molecule has 0 saturated carbocycles. The van der Waals surface area contributed by atoms with Gasteiger partial charge in [-0.1, -0.05) is 42.2 Å². The third-order valence-electron chi connectivity index (χ3n) is 3.71. The highest BCUT2D eigenvalue weighted by Crippen LogP contribution is 2.15. The molecule has 5 nitrogen and oxygen atoms in total. The standard InChI is InChI=1S/C21H24N2O3/c1-17-7-3-4-8-20(17)26-16-6-5-14-22-21(24)23-15-13-18-9-11-19(25-2)12-10-18/h3-4,7-12H,13-16H2,1-2H3,(H2,22,23,24). The lowest BCUT2D eigenvalue weighted by Crippen LogP contribution is -2.36. The van der Waals surface area contributed by atoms with E-state index in [0.717, 1.165) is 29.0 Å². The van der Waals surface area contributed by atoms with Gasteiger partial charge in [-0.2, -0.15) is 0 Å². The maximum absolute atomic E-state index is 11.7. The Bertz CT molecular complexity index is 761. The van der Waals surface area contributed by atoms with Crippen LogP contribution in [0.1, 0.15) is 11.1 Å². The zero-order valence-corrected chi connectivity index (χ0v) is 15.2. The fourth-order valence-corrected chi connectivity index (χ4v) is 2.25. The summed E-state index contributed by atoms with van der Waals surface area (Å²) in [6.45, 7) is 3.12. The summed E-state index contributed by atoms with van der Waals surface area (Å²) in [5.41, 5.74) is 2.21. The van der Waals surface area contributed by atoms with Crippen LogP contribution in [0.15, 0.2) is 48.5 Å². The van der Waals surface area contributed by atoms with E-state index in [1.807, 2.05) is 55.5 Å². The molecule has 0 radical (unpaired) electrons. The molecular formula is C21H24N2O3. The minimum Gasteiger partial charge on any atom is -0.497 e. The Morgan fingerprint density at radius 2 is 1.81 bits per heavy atom. The molecule has 26 heavy (non-hydrogen) atoms. The Labute approximate surface area is 154 Å². The van der Waals surface area contributed by atoms with Gasteiger partial charge in [0.2, 0.25) is 0 Å². The molecule has 136 valence electrons. The zero-order valence-electron chi connectivity index (χ0n) is 15.2. The van der Waals surface area contributed by atoms with Crippen molar-refractivity contribution in [2.75, 3.05) is 26.8 Å². The average Bonchev–Trinajstić information content (AvgIpc) is 2.66. The number of nitrogens with one attached hydrogen (secondary N) is 2. The largest absolute Gasteiger partial charge is 0.497 e. The van der Waals surface area contributed by atoms with Crippen molar-refractivity contribution in [3.63, 3.8) is 0 Å². The smallest absolute Gasteiger partial charge is 0.315 e. The minimum absolute atomic E-state index is 0.229. The summed E-state index contributed by atoms with van der Waals surface area (Å²) in [7, 11) is 1.64. The van der Waals surface area contributed by atoms with E-state index in [1.54, 1.807) is 7.11 Å². The number of methoxy groups -OCH3 is 1. The van der Waals surface area contributed by atoms with Crippen molar-refractivity contribution in [1.29, 1.82) is 0 Å². The van der Waals surface area contributed by atoms with Crippen molar-refractivity contribution in [2.24, 2.45) is 0 Å². The van der Waals surface area contributed by atoms with Crippen LogP contribution in [0.5, 0.6) is 11.5 Å². The van der Waals surface area contributed by atoms with Crippen LogP contribution in [0, 0.1) is 18.8 Å². The molecule has 2 amide bonds. The first-order valence-electron chi connectivity index (χ1n) is 8.48. The van der Waals surface area contributed by atoms with E-state index in [9.17, 15) is 4.79 Å². The van der Waals surface area contributed by atoms with Gasteiger partial charge in [0.05, 0.1) is 13.7 Å². The van der Waals surface area contributed by atoms with Crippen molar-refractivity contribution in [2.45, 2.75) is 13.3 Å². The maximum atomic E-state index is 11.7. The molecule has 0 heterocycles. The van der Waals surface area contributed by atoms with E-state index in [4.69, 9.17) is 9.47 Å². The van der Waals surface area contributed by atoms with Crippen molar-refractivity contribution in [3.8, 4) is 23.3 Å². The van der Waals surface area contributed by atoms with Crippen LogP contribution in [-0.2, 0) is 6.42 Å². The lowest BCUT2D eigenvalue weighted by molar-refractivity contribution is 0.242. The van der Waals surface area contributed by atoms with Gasteiger partial charge in [0.1, 0.15) is 18.1 Å². The third-order valence-corrected chi connectivity index (χ3v) is 3.71. The van der Waals surface area contributed by atoms with Gasteiger partial charge in [-0.25, -0.2) is 4.79 Å². The molecule has 5 heteroatoms. The van der Waals surface area contributed by atoms with Gasteiger partial charge < -0.3 is 20.1 Å². The van der Waals surface area contributed by atoms with Crippen LogP contribution in [-0.4, -0.2) is 32.8 Å². The number of aryl methyl sites for hydroxylation is 1. The van der Waals surface area contributed by atoms with E-state index < -0.39 is 0 Å². The summed E-state index contributed by atoms with van der Waals surface area (Å²) in [5, 5.41) is 5.50. The van der Waals surface area contributed by atoms with Gasteiger partial charge in [-0.05, 0) is 42.7 Å². The fourth-order valence-electron chi connectivity index (χ4n) is 2.25. The Hall–Kier alpha value is -3.13. The van der Waals surface area contributed by atoms with Crippen LogP contribution in [0.4, 0.5) is 4.79 Å². The van der Waals surface area contributed by atoms with Crippen LogP contribution in [0.25, 0.3) is 0 Å². The summed E-state index contributed by atoms with van der Waals surface area (Å²) in [5.74, 6) is 7.40. The number of hydrogen-bond acceptors (Lipinski definition) is 3. The number of ether oxygens (including phenoxy) is 2. The topological polar surface area (TPSA) is 59.6 Å². The second-order valence-electron chi connectivity index (χ2n) is 5.62. The predicted molar refractivity (Wildman–Crippen MR) is 103 cm³/mol. The SMILES string of the molecule is COc1ccc(CCNC(=O)NCC#CCOc2ccccc2C)cc1. The van der Waals surface area contributed by atoms with Gasteiger partial charge in [0.25, 0.3) is 0 Å². The monoisotopic (exact) mass is 352 g/mol. The van der Waals surface area contributed by atoms with E-state index in [2.05, 4.69) is 22.5 Å². The van der Waals surface area contributed by atoms with Gasteiger partial charge >= 0.3 is 6.03 Å². The first kappa shape index (κ1) is 19.2. The lowest BCUT2D eigenvalue weighted by Gasteiger charge is -2.06. The van der Waals surface area contributed by atoms with E-state index in [1.165, 1.54) is 0 Å². The molecule has 2 aromatic rings. The second kappa shape index (κ2) is 10.7. The summed E-state index contributed by atoms with van der Waals surface area (Å²) >= 11 is 0. The average molecular weight is 352 g/mol. The molecule has 0 aliphatic heterocycles. The third kappa shape index (κ3) is 6.78. The second-order valence-corrected chi connectivity index (χ2v) is 5.62. The van der Waals surface area contributed by atoms with Crippen LogP contribution in [0.2, 0.25) is 0 Å². The number of carbonyl (C=O) groups is 1. The Morgan fingerprint density at radius 1 is 1.04 bits per heavy atom. The number of urea groups is 1. The number of para-hydroxylation sites is 1. The number of benzene rings is 2. The molecule has 0 bridgehead atoms. The molecule has 0 saturated heterocycles. The Kier molecular flexibility index (Phi) is 7.88. The van der Waals surface area contributed by atoms with Crippen molar-refractivity contribution in [1.82, 2.24) is 10.6 Å². The van der Waals surface area contributed by atoms with Gasteiger partial charge in [0, 0.05) is 6.54 Å². The first-order valence-corrected chi connectivity index (χ1v) is 8.48. The normalized spacial score (nSPS) is 9.62. The summed E-state index contributed by atoms with van der Waals surface area (Å²) in [4.78, 5) is 11.7. The van der Waals surface area contributed by atoms with E-state index >= 15 is 0 Å². The number of amides is 2. The zero-order chi connectivity index (χ0) is 18.6. The van der Waals surface area contributed by atoms with Gasteiger partial charge in [0.15, 0.2) is 0 Å². The van der Waals surface area contributed by atoms with Crippen molar-refractivity contribution in [3.05, 3.63) is 59.7 Å². The Balaban J connectivity index is 1.58. The molecule has 0 spiro atoms. The molecule has 0 unspecified atom stereocenters. The summed E-state index contributed by atoms with van der Waals surface area (Å²) in [6.07, 6.45) is 0.757. The van der Waals surface area contributed by atoms with E-state index in [-0.39, 0.29) is 12.6 Å². The predicted octanol–water partition coefficient (Wildman–Crippen LogP) is 2.93. The molecule has 2 aromatic carbocycles. The highest BCUT2D eigenvalue weighted by molar-refractivity contribution is 5.74. The fraction of sp³-hybridized carbons (Fsp3) is 0.286. The molecular weight excluding hydrogens is 328 g/mol. The van der Waals surface area contributed by atoms with Crippen LogP contribution in [0.3, 0.4) is 0 Å². The number of hydrogen-bond donors (Lipinski definition) is 2. The maximum Gasteiger partial charge on any atom is 0.315 e. The number of carbonyl (C=O) groups excluding carboxylic acids is 1. The van der Waals surface area contributed by atoms with Gasteiger partial charge in [-0.3, -0.25) is 0 Å². The summed E-state index contributed by atoms with van der Waals surface area (Å²) < 4.78 is 10.7. The van der Waals surface area contributed by atoms with E-state index in [0.29, 0.717) is 13.2 Å². The molecule has 0 fully saturated rings. The van der Waals surface area contributed by atoms with Crippen molar-refractivity contribution < 1.29 is 14.3 Å². The van der Waals surface area contributed by atoms with Crippen LogP contribution < -0.4 is 20.1 Å². The number of rotatable bonds is 7. The molecule has 0 aliphatic carbocycles. The highest BCUT2D eigenvalue weighted by Gasteiger charge is 1.99. The molecule has 2 rings (SSSR count). The minimum atomic E-state index is -0.229. The highest BCUT2D eigenvalue weighted by atomic mass is 16.5. The van der Waals surface area contributed by atoms with Crippen molar-refractivity contribution >= 4 is 6.03 Å². The first-order chi connectivity index (χ1) is 12.7. The molecule has 0 aliphatic rings. The Morgan fingerprint density at radius 3 is 2.54 bits per heavy atom. The molecule has 0 aromatic heterocycles. The quantitative estimate of drug-likeness (QED) is 0.753. The molecule has 0 atom stereocenters. The van der Waals surface area contributed by atoms with Crippen LogP contribution >= 0.6 is 0 Å². The van der Waals surface area contributed by atoms with Gasteiger partial charge in [-0.15, -0.1) is 0 Å².